The first kappa shape index (κ1) is 16.1. The molecule has 0 unspecified atom stereocenters. The third-order valence-corrected chi connectivity index (χ3v) is 4.86. The maximum Gasteiger partial charge on any atom is 0.255 e. The molecule has 0 saturated heterocycles. The summed E-state index contributed by atoms with van der Waals surface area (Å²) in [6.07, 6.45) is 1.72. The average molecular weight is 344 g/mol. The summed E-state index contributed by atoms with van der Waals surface area (Å²) in [7, 11) is -3.40. The van der Waals surface area contributed by atoms with Crippen LogP contribution in [0.1, 0.15) is 22.8 Å². The largest absolute Gasteiger partial charge is 0.322 e. The highest BCUT2D eigenvalue weighted by Crippen LogP contribution is 2.20. The molecular formula is C16H16N4O3S. The van der Waals surface area contributed by atoms with Gasteiger partial charge in [-0.25, -0.2) is 8.42 Å². The van der Waals surface area contributed by atoms with Crippen LogP contribution in [0.25, 0.3) is 11.0 Å². The summed E-state index contributed by atoms with van der Waals surface area (Å²) in [4.78, 5) is 12.6. The van der Waals surface area contributed by atoms with E-state index in [0.29, 0.717) is 28.7 Å². The molecule has 1 heterocycles. The lowest BCUT2D eigenvalue weighted by atomic mass is 10.1. The van der Waals surface area contributed by atoms with Gasteiger partial charge in [0.1, 0.15) is 11.0 Å². The molecule has 0 spiro atoms. The van der Waals surface area contributed by atoms with Crippen LogP contribution < -0.4 is 5.32 Å². The van der Waals surface area contributed by atoms with Crippen molar-refractivity contribution < 1.29 is 13.2 Å². The zero-order valence-corrected chi connectivity index (χ0v) is 14.0. The number of fused-ring (bicyclic) bond motifs is 1. The minimum Gasteiger partial charge on any atom is -0.322 e. The highest BCUT2D eigenvalue weighted by Gasteiger charge is 2.16. The Morgan fingerprint density at radius 2 is 1.88 bits per heavy atom. The van der Waals surface area contributed by atoms with E-state index in [0.717, 1.165) is 6.26 Å². The van der Waals surface area contributed by atoms with Crippen LogP contribution in [0.2, 0.25) is 0 Å². The highest BCUT2D eigenvalue weighted by molar-refractivity contribution is 7.90. The van der Waals surface area contributed by atoms with E-state index in [-0.39, 0.29) is 16.4 Å². The Labute approximate surface area is 139 Å². The first-order chi connectivity index (χ1) is 11.4. The quantitative estimate of drug-likeness (QED) is 0.755. The van der Waals surface area contributed by atoms with E-state index in [1.165, 1.54) is 6.07 Å². The van der Waals surface area contributed by atoms with Crippen LogP contribution >= 0.6 is 0 Å². The predicted octanol–water partition coefficient (Wildman–Crippen LogP) is 2.18. The summed E-state index contributed by atoms with van der Waals surface area (Å²) >= 11 is 0. The number of benzene rings is 2. The second-order valence-corrected chi connectivity index (χ2v) is 7.41. The summed E-state index contributed by atoms with van der Waals surface area (Å²) in [5.41, 5.74) is 2.86. The first-order valence-corrected chi connectivity index (χ1v) is 9.22. The van der Waals surface area contributed by atoms with Gasteiger partial charge >= 0.3 is 0 Å². The molecule has 1 aromatic heterocycles. The van der Waals surface area contributed by atoms with E-state index in [4.69, 9.17) is 0 Å². The molecule has 0 aliphatic carbocycles. The SMILES string of the molecule is CCc1ccc(C(=O)Nc2ccc3n[nH]nc3c2)cc1S(C)(=O)=O. The Morgan fingerprint density at radius 1 is 1.12 bits per heavy atom. The fourth-order valence-electron chi connectivity index (χ4n) is 2.45. The van der Waals surface area contributed by atoms with Crippen molar-refractivity contribution in [2.24, 2.45) is 0 Å². The monoisotopic (exact) mass is 344 g/mol. The second kappa shape index (κ2) is 6.04. The number of amides is 1. The molecule has 124 valence electrons. The van der Waals surface area contributed by atoms with Crippen LogP contribution in [0.4, 0.5) is 5.69 Å². The van der Waals surface area contributed by atoms with Crippen molar-refractivity contribution in [3.8, 4) is 0 Å². The summed E-state index contributed by atoms with van der Waals surface area (Å²) in [5, 5.41) is 13.1. The third kappa shape index (κ3) is 3.13. The van der Waals surface area contributed by atoms with Gasteiger partial charge in [-0.05, 0) is 42.3 Å². The smallest absolute Gasteiger partial charge is 0.255 e. The normalized spacial score (nSPS) is 11.6. The van der Waals surface area contributed by atoms with Crippen molar-refractivity contribution >= 4 is 32.5 Å². The number of sulfone groups is 1. The highest BCUT2D eigenvalue weighted by atomic mass is 32.2. The number of aromatic amines is 1. The van der Waals surface area contributed by atoms with Crippen molar-refractivity contribution in [1.82, 2.24) is 15.4 Å². The molecule has 0 atom stereocenters. The molecule has 8 heteroatoms. The van der Waals surface area contributed by atoms with E-state index in [1.807, 2.05) is 6.92 Å². The number of nitrogens with zero attached hydrogens (tertiary/aromatic N) is 2. The van der Waals surface area contributed by atoms with Crippen LogP contribution in [0.3, 0.4) is 0 Å². The number of H-pyrrole nitrogens is 1. The van der Waals surface area contributed by atoms with Crippen LogP contribution in [0.15, 0.2) is 41.3 Å². The van der Waals surface area contributed by atoms with Crippen LogP contribution in [0, 0.1) is 0 Å². The van der Waals surface area contributed by atoms with E-state index in [1.54, 1.807) is 30.3 Å². The Bertz CT molecular complexity index is 1020. The van der Waals surface area contributed by atoms with Gasteiger partial charge in [0.15, 0.2) is 9.84 Å². The summed E-state index contributed by atoms with van der Waals surface area (Å²) < 4.78 is 23.8. The van der Waals surface area contributed by atoms with Gasteiger partial charge in [0.05, 0.1) is 4.90 Å². The molecule has 0 saturated carbocycles. The van der Waals surface area contributed by atoms with Crippen molar-refractivity contribution in [2.75, 3.05) is 11.6 Å². The minimum atomic E-state index is -3.40. The topological polar surface area (TPSA) is 105 Å². The van der Waals surface area contributed by atoms with Crippen molar-refractivity contribution in [3.05, 3.63) is 47.5 Å². The van der Waals surface area contributed by atoms with Crippen molar-refractivity contribution in [3.63, 3.8) is 0 Å². The van der Waals surface area contributed by atoms with Gasteiger partial charge in [0.25, 0.3) is 5.91 Å². The minimum absolute atomic E-state index is 0.185. The molecule has 0 radical (unpaired) electrons. The van der Waals surface area contributed by atoms with Crippen LogP contribution in [-0.2, 0) is 16.3 Å². The molecule has 2 N–H and O–H groups in total. The lowest BCUT2D eigenvalue weighted by Crippen LogP contribution is -2.13. The van der Waals surface area contributed by atoms with Crippen LogP contribution in [0.5, 0.6) is 0 Å². The van der Waals surface area contributed by atoms with E-state index >= 15 is 0 Å². The number of hydrogen-bond donors (Lipinski definition) is 2. The van der Waals surface area contributed by atoms with Gasteiger partial charge in [-0.15, -0.1) is 0 Å². The Kier molecular flexibility index (Phi) is 4.06. The molecule has 0 aliphatic heterocycles. The number of carbonyl (C=O) groups excluding carboxylic acids is 1. The lowest BCUT2D eigenvalue weighted by Gasteiger charge is -2.10. The zero-order valence-electron chi connectivity index (χ0n) is 13.2. The molecule has 0 aliphatic rings. The number of nitrogens with one attached hydrogen (secondary N) is 2. The van der Waals surface area contributed by atoms with Gasteiger partial charge in [0, 0.05) is 17.5 Å². The average Bonchev–Trinajstić information content (AvgIpc) is 3.01. The maximum atomic E-state index is 12.4. The van der Waals surface area contributed by atoms with E-state index < -0.39 is 9.84 Å². The predicted molar refractivity (Wildman–Crippen MR) is 90.8 cm³/mol. The molecule has 3 rings (SSSR count). The molecule has 1 amide bonds. The number of aryl methyl sites for hydroxylation is 1. The number of rotatable bonds is 4. The van der Waals surface area contributed by atoms with Crippen LogP contribution in [-0.4, -0.2) is 36.0 Å². The first-order valence-electron chi connectivity index (χ1n) is 7.33. The van der Waals surface area contributed by atoms with Gasteiger partial charge in [-0.2, -0.15) is 15.4 Å². The Morgan fingerprint density at radius 3 is 2.58 bits per heavy atom. The molecular weight excluding hydrogens is 328 g/mol. The number of hydrogen-bond acceptors (Lipinski definition) is 5. The molecule has 24 heavy (non-hydrogen) atoms. The number of aromatic nitrogens is 3. The zero-order chi connectivity index (χ0) is 17.3. The Balaban J connectivity index is 1.92. The van der Waals surface area contributed by atoms with Gasteiger partial charge in [-0.3, -0.25) is 4.79 Å². The van der Waals surface area contributed by atoms with Crippen molar-refractivity contribution in [1.29, 1.82) is 0 Å². The number of anilines is 1. The summed E-state index contributed by atoms with van der Waals surface area (Å²) in [6.45, 7) is 1.87. The van der Waals surface area contributed by atoms with Crippen molar-refractivity contribution in [2.45, 2.75) is 18.2 Å². The van der Waals surface area contributed by atoms with E-state index in [9.17, 15) is 13.2 Å². The molecule has 0 fully saturated rings. The standard InChI is InChI=1S/C16H16N4O3S/c1-3-10-4-5-11(8-15(10)24(2,22)23)16(21)17-12-6-7-13-14(9-12)19-20-18-13/h4-9H,3H2,1-2H3,(H,17,21)(H,18,19,20). The summed E-state index contributed by atoms with van der Waals surface area (Å²) in [5.74, 6) is -0.384. The Hall–Kier alpha value is -2.74. The van der Waals surface area contributed by atoms with Gasteiger partial charge in [0.2, 0.25) is 0 Å². The summed E-state index contributed by atoms with van der Waals surface area (Å²) in [6, 6.07) is 9.84. The number of carbonyl (C=O) groups is 1. The fraction of sp³-hybridized carbons (Fsp3) is 0.188. The lowest BCUT2D eigenvalue weighted by molar-refractivity contribution is 0.102. The maximum absolute atomic E-state index is 12.4. The second-order valence-electron chi connectivity index (χ2n) is 5.43. The van der Waals surface area contributed by atoms with Gasteiger partial charge in [-0.1, -0.05) is 13.0 Å². The van der Waals surface area contributed by atoms with Gasteiger partial charge < -0.3 is 5.32 Å². The molecule has 7 nitrogen and oxygen atoms in total. The fourth-order valence-corrected chi connectivity index (χ4v) is 3.48. The van der Waals surface area contributed by atoms with E-state index in [2.05, 4.69) is 20.7 Å². The molecule has 0 bridgehead atoms. The molecule has 2 aromatic carbocycles. The third-order valence-electron chi connectivity index (χ3n) is 3.68. The molecule has 3 aromatic rings.